The van der Waals surface area contributed by atoms with Crippen LogP contribution in [-0.2, 0) is 22.7 Å². The average molecular weight is 571 g/mol. The first-order chi connectivity index (χ1) is 19.9. The molecule has 0 amide bonds. The topological polar surface area (TPSA) is 78.7 Å². The van der Waals surface area contributed by atoms with E-state index in [1.165, 1.54) is 6.29 Å². The summed E-state index contributed by atoms with van der Waals surface area (Å²) in [7, 11) is 0. The molecule has 3 fully saturated rings. The van der Waals surface area contributed by atoms with Crippen molar-refractivity contribution in [3.63, 3.8) is 0 Å². The highest BCUT2D eigenvalue weighted by Gasteiger charge is 2.42. The number of ether oxygens (including phenoxy) is 2. The fraction of sp³-hybridized carbons (Fsp3) is 0.485. The van der Waals surface area contributed by atoms with Crippen LogP contribution in [0.3, 0.4) is 0 Å². The fourth-order valence-electron chi connectivity index (χ4n) is 6.68. The van der Waals surface area contributed by atoms with Crippen LogP contribution < -0.4 is 9.64 Å². The van der Waals surface area contributed by atoms with Crippen LogP contribution in [0, 0.1) is 36.0 Å². The Morgan fingerprint density at radius 3 is 2.71 bits per heavy atom. The van der Waals surface area contributed by atoms with E-state index in [0.717, 1.165) is 84.5 Å². The molecule has 6 rings (SSSR count). The molecule has 1 aliphatic carbocycles. The SMILES string of the molecule is Cc1ccc(OCc2ccc(CN3C[C@H](C)OC[C@@H]3C)cc2C#N)c(-c2csc(N3CC4CCC(C3)C4C=O)n2)c1. The number of aldehydes is 1. The van der Waals surface area contributed by atoms with Crippen LogP contribution in [0.4, 0.5) is 5.13 Å². The van der Waals surface area contributed by atoms with Crippen LogP contribution in [0.2, 0.25) is 0 Å². The molecular weight excluding hydrogens is 532 g/mol. The number of benzene rings is 2. The predicted octanol–water partition coefficient (Wildman–Crippen LogP) is 5.84. The Bertz CT molecular complexity index is 1430. The standard InChI is InChI=1S/C33H38N4O3S/c1-21-4-9-32(29(10-21)31-20-41-33(35-31)37-15-25-7-8-26(16-37)30(25)17-38)40-19-27-6-5-24(11-28(27)12-34)14-36-13-23(3)39-18-22(36)2/h4-6,9-11,17,20,22-23,25-26,30H,7-8,13-16,18-19H2,1-3H3/t22-,23-,25?,26?,30?/m0/s1. The van der Waals surface area contributed by atoms with Gasteiger partial charge in [-0.2, -0.15) is 5.26 Å². The molecule has 0 N–H and O–H groups in total. The monoisotopic (exact) mass is 570 g/mol. The van der Waals surface area contributed by atoms with Crippen molar-refractivity contribution in [1.29, 1.82) is 5.26 Å². The van der Waals surface area contributed by atoms with E-state index in [9.17, 15) is 10.1 Å². The number of aromatic nitrogens is 1. The summed E-state index contributed by atoms with van der Waals surface area (Å²) < 4.78 is 12.1. The third-order valence-corrected chi connectivity index (χ3v) is 9.94. The van der Waals surface area contributed by atoms with Gasteiger partial charge in [0.1, 0.15) is 18.6 Å². The van der Waals surface area contributed by atoms with Gasteiger partial charge in [-0.3, -0.25) is 4.90 Å². The molecule has 1 aromatic heterocycles. The van der Waals surface area contributed by atoms with Crippen LogP contribution in [0.25, 0.3) is 11.3 Å². The van der Waals surface area contributed by atoms with Gasteiger partial charge in [-0.05, 0) is 69.2 Å². The summed E-state index contributed by atoms with van der Waals surface area (Å²) >= 11 is 1.66. The van der Waals surface area contributed by atoms with E-state index in [-0.39, 0.29) is 12.0 Å². The zero-order valence-electron chi connectivity index (χ0n) is 24.1. The number of thiazole rings is 1. The molecule has 0 radical (unpaired) electrons. The molecular formula is C33H38N4O3S. The summed E-state index contributed by atoms with van der Waals surface area (Å²) in [4.78, 5) is 21.4. The molecule has 3 aliphatic rings. The van der Waals surface area contributed by atoms with Gasteiger partial charge in [0, 0.05) is 54.6 Å². The van der Waals surface area contributed by atoms with Crippen molar-refractivity contribution in [2.45, 2.75) is 58.9 Å². The van der Waals surface area contributed by atoms with E-state index < -0.39 is 0 Å². The Morgan fingerprint density at radius 1 is 1.15 bits per heavy atom. The molecule has 4 atom stereocenters. The number of aryl methyl sites for hydroxylation is 1. The van der Waals surface area contributed by atoms with Crippen molar-refractivity contribution >= 4 is 22.8 Å². The summed E-state index contributed by atoms with van der Waals surface area (Å²) in [5.41, 5.74) is 5.65. The number of anilines is 1. The quantitative estimate of drug-likeness (QED) is 0.315. The first kappa shape index (κ1) is 27.9. The third kappa shape index (κ3) is 5.90. The Hall–Kier alpha value is -3.25. The van der Waals surface area contributed by atoms with Crippen LogP contribution in [0.5, 0.6) is 5.75 Å². The number of carbonyl (C=O) groups excluding carboxylic acids is 1. The smallest absolute Gasteiger partial charge is 0.185 e. The lowest BCUT2D eigenvalue weighted by atomic mass is 9.87. The Balaban J connectivity index is 1.16. The van der Waals surface area contributed by atoms with Crippen molar-refractivity contribution < 1.29 is 14.3 Å². The van der Waals surface area contributed by atoms with E-state index in [1.807, 2.05) is 24.3 Å². The fourth-order valence-corrected chi connectivity index (χ4v) is 7.53. The summed E-state index contributed by atoms with van der Waals surface area (Å²) in [5.74, 6) is 1.86. The van der Waals surface area contributed by atoms with Crippen LogP contribution >= 0.6 is 11.3 Å². The molecule has 2 bridgehead atoms. The van der Waals surface area contributed by atoms with Crippen LogP contribution in [0.1, 0.15) is 48.9 Å². The van der Waals surface area contributed by atoms with Gasteiger partial charge in [-0.15, -0.1) is 11.3 Å². The number of nitrogens with zero attached hydrogens (tertiary/aromatic N) is 4. The van der Waals surface area contributed by atoms with Gasteiger partial charge < -0.3 is 19.2 Å². The molecule has 2 unspecified atom stereocenters. The van der Waals surface area contributed by atoms with E-state index >= 15 is 0 Å². The van der Waals surface area contributed by atoms with Crippen LogP contribution in [0.15, 0.2) is 41.8 Å². The minimum Gasteiger partial charge on any atom is -0.488 e. The second kappa shape index (κ2) is 11.9. The minimum atomic E-state index is 0.210. The van der Waals surface area contributed by atoms with E-state index in [4.69, 9.17) is 14.5 Å². The second-order valence-corrected chi connectivity index (χ2v) is 12.9. The molecule has 7 nitrogen and oxygen atoms in total. The number of piperidine rings is 1. The lowest BCUT2D eigenvalue weighted by Gasteiger charge is -2.36. The third-order valence-electron chi connectivity index (χ3n) is 9.04. The van der Waals surface area contributed by atoms with Crippen molar-refractivity contribution in [1.82, 2.24) is 9.88 Å². The van der Waals surface area contributed by atoms with Crippen molar-refractivity contribution in [2.24, 2.45) is 17.8 Å². The van der Waals surface area contributed by atoms with E-state index in [1.54, 1.807) is 11.3 Å². The van der Waals surface area contributed by atoms with Gasteiger partial charge in [0.05, 0.1) is 30.0 Å². The van der Waals surface area contributed by atoms with E-state index in [0.29, 0.717) is 30.0 Å². The lowest BCUT2D eigenvalue weighted by Crippen LogP contribution is -2.46. The van der Waals surface area contributed by atoms with Gasteiger partial charge in [0.15, 0.2) is 5.13 Å². The summed E-state index contributed by atoms with van der Waals surface area (Å²) in [5, 5.41) is 13.1. The van der Waals surface area contributed by atoms with E-state index in [2.05, 4.69) is 54.2 Å². The number of hydrogen-bond acceptors (Lipinski definition) is 8. The zero-order valence-corrected chi connectivity index (χ0v) is 24.9. The van der Waals surface area contributed by atoms with Gasteiger partial charge in [0.25, 0.3) is 0 Å². The maximum absolute atomic E-state index is 11.6. The Kier molecular flexibility index (Phi) is 8.12. The number of carbonyl (C=O) groups is 1. The highest BCUT2D eigenvalue weighted by molar-refractivity contribution is 7.14. The van der Waals surface area contributed by atoms with Crippen molar-refractivity contribution in [2.75, 3.05) is 31.1 Å². The average Bonchev–Trinajstić information content (AvgIpc) is 3.56. The second-order valence-electron chi connectivity index (χ2n) is 12.0. The largest absolute Gasteiger partial charge is 0.488 e. The molecule has 2 aromatic carbocycles. The molecule has 2 saturated heterocycles. The predicted molar refractivity (Wildman–Crippen MR) is 161 cm³/mol. The van der Waals surface area contributed by atoms with Gasteiger partial charge in [0.2, 0.25) is 0 Å². The number of hydrogen-bond donors (Lipinski definition) is 0. The van der Waals surface area contributed by atoms with Gasteiger partial charge in [-0.1, -0.05) is 23.8 Å². The minimum absolute atomic E-state index is 0.210. The van der Waals surface area contributed by atoms with Crippen LogP contribution in [-0.4, -0.2) is 54.6 Å². The Labute approximate surface area is 246 Å². The number of nitriles is 1. The molecule has 0 spiro atoms. The van der Waals surface area contributed by atoms with Crippen molar-refractivity contribution in [3.8, 4) is 23.1 Å². The summed E-state index contributed by atoms with van der Waals surface area (Å²) in [6.07, 6.45) is 3.67. The number of morpholine rings is 1. The maximum atomic E-state index is 11.6. The highest BCUT2D eigenvalue weighted by atomic mass is 32.1. The molecule has 1 saturated carbocycles. The molecule has 2 aliphatic heterocycles. The van der Waals surface area contributed by atoms with Gasteiger partial charge >= 0.3 is 0 Å². The zero-order chi connectivity index (χ0) is 28.5. The summed E-state index contributed by atoms with van der Waals surface area (Å²) in [6, 6.07) is 15.0. The Morgan fingerprint density at radius 2 is 1.95 bits per heavy atom. The molecule has 3 heterocycles. The first-order valence-corrected chi connectivity index (χ1v) is 15.6. The molecule has 8 heteroatoms. The maximum Gasteiger partial charge on any atom is 0.185 e. The number of rotatable bonds is 8. The number of fused-ring (bicyclic) bond motifs is 2. The molecule has 214 valence electrons. The van der Waals surface area contributed by atoms with Crippen molar-refractivity contribution in [3.05, 3.63) is 64.0 Å². The highest BCUT2D eigenvalue weighted by Crippen LogP contribution is 2.43. The normalized spacial score (nSPS) is 26.1. The molecule has 41 heavy (non-hydrogen) atoms. The lowest BCUT2D eigenvalue weighted by molar-refractivity contribution is -0.113. The first-order valence-electron chi connectivity index (χ1n) is 14.7. The van der Waals surface area contributed by atoms with Gasteiger partial charge in [-0.25, -0.2) is 4.98 Å². The molecule has 3 aromatic rings. The summed E-state index contributed by atoms with van der Waals surface area (Å²) in [6.45, 7) is 10.9.